The molecule has 0 fully saturated rings. The molecule has 0 aliphatic heterocycles. The van der Waals surface area contributed by atoms with Crippen molar-refractivity contribution in [2.75, 3.05) is 0 Å². The molecule has 1 amide bonds. The molecule has 0 bridgehead atoms. The van der Waals surface area contributed by atoms with Crippen LogP contribution in [0.15, 0.2) is 18.3 Å². The average molecular weight is 271 g/mol. The summed E-state index contributed by atoms with van der Waals surface area (Å²) in [6.45, 7) is 1.75. The van der Waals surface area contributed by atoms with Crippen LogP contribution in [0.4, 0.5) is 9.18 Å². The third kappa shape index (κ3) is 2.56. The van der Waals surface area contributed by atoms with Gasteiger partial charge < -0.3 is 15.4 Å². The number of carboxylic acid groups (broad SMARTS) is 1. The number of halogens is 2. The lowest BCUT2D eigenvalue weighted by molar-refractivity contribution is 0.190. The van der Waals surface area contributed by atoms with Crippen LogP contribution in [0.3, 0.4) is 0 Å². The molecule has 1 aromatic carbocycles. The zero-order chi connectivity index (χ0) is 13.3. The van der Waals surface area contributed by atoms with E-state index in [2.05, 4.69) is 10.3 Å². The number of aromatic nitrogens is 1. The van der Waals surface area contributed by atoms with Crippen LogP contribution in [-0.2, 0) is 6.42 Å². The molecule has 0 aliphatic rings. The van der Waals surface area contributed by atoms with Gasteiger partial charge in [-0.2, -0.15) is 0 Å². The smallest absolute Gasteiger partial charge is 0.404 e. The van der Waals surface area contributed by atoms with E-state index in [-0.39, 0.29) is 11.1 Å². The topological polar surface area (TPSA) is 65.1 Å². The summed E-state index contributed by atoms with van der Waals surface area (Å²) < 4.78 is 13.4. The fourth-order valence-corrected chi connectivity index (χ4v) is 2.10. The van der Waals surface area contributed by atoms with Gasteiger partial charge in [0, 0.05) is 23.1 Å². The van der Waals surface area contributed by atoms with Crippen molar-refractivity contribution in [1.82, 2.24) is 10.3 Å². The fraction of sp³-hybridized carbons (Fsp3) is 0.250. The van der Waals surface area contributed by atoms with Gasteiger partial charge in [-0.05, 0) is 31.0 Å². The van der Waals surface area contributed by atoms with E-state index < -0.39 is 11.9 Å². The number of nitrogens with one attached hydrogen (secondary N) is 2. The summed E-state index contributed by atoms with van der Waals surface area (Å²) in [6.07, 6.45) is 1.14. The second-order valence-electron chi connectivity index (χ2n) is 4.18. The first-order valence-corrected chi connectivity index (χ1v) is 5.79. The quantitative estimate of drug-likeness (QED) is 0.802. The van der Waals surface area contributed by atoms with Gasteiger partial charge in [0.2, 0.25) is 0 Å². The predicted octanol–water partition coefficient (Wildman–Crippen LogP) is 3.16. The number of aromatic amines is 1. The Morgan fingerprint density at radius 3 is 3.00 bits per heavy atom. The maximum atomic E-state index is 13.4. The number of rotatable bonds is 3. The number of H-pyrrole nitrogens is 1. The van der Waals surface area contributed by atoms with Gasteiger partial charge in [0.15, 0.2) is 0 Å². The van der Waals surface area contributed by atoms with Crippen molar-refractivity contribution in [2.24, 2.45) is 0 Å². The molecule has 0 spiro atoms. The van der Waals surface area contributed by atoms with Crippen LogP contribution in [0.2, 0.25) is 5.02 Å². The Morgan fingerprint density at radius 1 is 1.61 bits per heavy atom. The van der Waals surface area contributed by atoms with Crippen LogP contribution < -0.4 is 5.32 Å². The Morgan fingerprint density at radius 2 is 2.33 bits per heavy atom. The summed E-state index contributed by atoms with van der Waals surface area (Å²) in [5.74, 6) is -0.483. The van der Waals surface area contributed by atoms with Crippen LogP contribution >= 0.6 is 11.6 Å². The summed E-state index contributed by atoms with van der Waals surface area (Å²) in [5.41, 5.74) is 1.58. The minimum atomic E-state index is -1.07. The molecule has 1 atom stereocenters. The molecular weight excluding hydrogens is 259 g/mol. The molecular formula is C12H12ClFN2O2. The second kappa shape index (κ2) is 4.86. The monoisotopic (exact) mass is 270 g/mol. The highest BCUT2D eigenvalue weighted by Crippen LogP contribution is 2.25. The first-order chi connectivity index (χ1) is 8.47. The van der Waals surface area contributed by atoms with E-state index in [9.17, 15) is 9.18 Å². The van der Waals surface area contributed by atoms with Crippen LogP contribution in [-0.4, -0.2) is 22.2 Å². The van der Waals surface area contributed by atoms with Gasteiger partial charge in [0.05, 0.1) is 5.02 Å². The largest absolute Gasteiger partial charge is 0.465 e. The lowest BCUT2D eigenvalue weighted by Gasteiger charge is -2.10. The normalized spacial score (nSPS) is 12.6. The summed E-state index contributed by atoms with van der Waals surface area (Å²) in [5, 5.41) is 11.7. The molecule has 2 aromatic rings. The van der Waals surface area contributed by atoms with Crippen molar-refractivity contribution in [3.63, 3.8) is 0 Å². The van der Waals surface area contributed by atoms with Crippen molar-refractivity contribution in [3.8, 4) is 0 Å². The van der Waals surface area contributed by atoms with Crippen LogP contribution in [0.5, 0.6) is 0 Å². The molecule has 96 valence electrons. The maximum absolute atomic E-state index is 13.4. The van der Waals surface area contributed by atoms with E-state index in [4.69, 9.17) is 16.7 Å². The van der Waals surface area contributed by atoms with Gasteiger partial charge in [0.25, 0.3) is 0 Å². The summed E-state index contributed by atoms with van der Waals surface area (Å²) in [7, 11) is 0. The van der Waals surface area contributed by atoms with Crippen molar-refractivity contribution in [1.29, 1.82) is 0 Å². The SMILES string of the molecule is C[C@@H](Cc1c[nH]c2cc(Cl)c(F)cc12)NC(=O)O. The maximum Gasteiger partial charge on any atom is 0.404 e. The minimum absolute atomic E-state index is 0.0626. The molecule has 2 rings (SSSR count). The van der Waals surface area contributed by atoms with E-state index in [0.717, 1.165) is 16.5 Å². The van der Waals surface area contributed by atoms with Gasteiger partial charge in [-0.15, -0.1) is 0 Å². The fourth-order valence-electron chi connectivity index (χ4n) is 1.94. The molecule has 18 heavy (non-hydrogen) atoms. The lowest BCUT2D eigenvalue weighted by atomic mass is 10.1. The number of amides is 1. The summed E-state index contributed by atoms with van der Waals surface area (Å²) in [6, 6.07) is 2.63. The third-order valence-electron chi connectivity index (χ3n) is 2.70. The Balaban J connectivity index is 2.29. The zero-order valence-electron chi connectivity index (χ0n) is 9.63. The lowest BCUT2D eigenvalue weighted by Crippen LogP contribution is -2.32. The highest BCUT2D eigenvalue weighted by Gasteiger charge is 2.12. The number of fused-ring (bicyclic) bond motifs is 1. The van der Waals surface area contributed by atoms with Gasteiger partial charge in [0.1, 0.15) is 5.82 Å². The van der Waals surface area contributed by atoms with Crippen LogP contribution in [0.25, 0.3) is 10.9 Å². The molecule has 3 N–H and O–H groups in total. The van der Waals surface area contributed by atoms with Crippen molar-refractivity contribution >= 4 is 28.6 Å². The minimum Gasteiger partial charge on any atom is -0.465 e. The molecule has 1 aromatic heterocycles. The molecule has 0 aliphatic carbocycles. The van der Waals surface area contributed by atoms with Crippen molar-refractivity contribution in [2.45, 2.75) is 19.4 Å². The van der Waals surface area contributed by atoms with Gasteiger partial charge in [-0.1, -0.05) is 11.6 Å². The van der Waals surface area contributed by atoms with Crippen LogP contribution in [0, 0.1) is 5.82 Å². The second-order valence-corrected chi connectivity index (χ2v) is 4.59. The highest BCUT2D eigenvalue weighted by molar-refractivity contribution is 6.31. The van der Waals surface area contributed by atoms with E-state index in [1.54, 1.807) is 13.1 Å². The predicted molar refractivity (Wildman–Crippen MR) is 67.6 cm³/mol. The number of carbonyl (C=O) groups is 1. The first-order valence-electron chi connectivity index (χ1n) is 5.42. The van der Waals surface area contributed by atoms with E-state index in [1.807, 2.05) is 0 Å². The molecule has 4 nitrogen and oxygen atoms in total. The summed E-state index contributed by atoms with van der Waals surface area (Å²) >= 11 is 5.69. The Hall–Kier alpha value is -1.75. The van der Waals surface area contributed by atoms with Crippen LogP contribution in [0.1, 0.15) is 12.5 Å². The van der Waals surface area contributed by atoms with Gasteiger partial charge in [-0.25, -0.2) is 9.18 Å². The standard InChI is InChI=1S/C12H12ClFN2O2/c1-6(16-12(17)18)2-7-5-15-11-4-9(13)10(14)3-8(7)11/h3-6,15-16H,2H2,1H3,(H,17,18)/t6-/m0/s1. The Kier molecular flexibility index (Phi) is 3.43. The van der Waals surface area contributed by atoms with Gasteiger partial charge >= 0.3 is 6.09 Å². The molecule has 0 saturated carbocycles. The van der Waals surface area contributed by atoms with Crippen molar-refractivity contribution in [3.05, 3.63) is 34.7 Å². The first kappa shape index (κ1) is 12.7. The number of benzene rings is 1. The molecule has 0 saturated heterocycles. The molecule has 0 unspecified atom stereocenters. The number of hydrogen-bond donors (Lipinski definition) is 3. The third-order valence-corrected chi connectivity index (χ3v) is 2.99. The highest BCUT2D eigenvalue weighted by atomic mass is 35.5. The van der Waals surface area contributed by atoms with Gasteiger partial charge in [-0.3, -0.25) is 0 Å². The van der Waals surface area contributed by atoms with E-state index in [0.29, 0.717) is 6.42 Å². The van der Waals surface area contributed by atoms with Crippen molar-refractivity contribution < 1.29 is 14.3 Å². The van der Waals surface area contributed by atoms with E-state index >= 15 is 0 Å². The molecule has 6 heteroatoms. The Labute approximate surface area is 108 Å². The zero-order valence-corrected chi connectivity index (χ0v) is 10.4. The summed E-state index contributed by atoms with van der Waals surface area (Å²) in [4.78, 5) is 13.5. The molecule has 0 radical (unpaired) electrons. The Bertz CT molecular complexity index is 597. The molecule has 1 heterocycles. The average Bonchev–Trinajstić information content (AvgIpc) is 2.61. The van der Waals surface area contributed by atoms with E-state index in [1.165, 1.54) is 12.1 Å². The number of hydrogen-bond acceptors (Lipinski definition) is 1.